The zero-order chi connectivity index (χ0) is 15.6. The number of carboxylic acid groups (broad SMARTS) is 1. The molecular weight excluding hydrogens is 266 g/mol. The molecule has 0 bridgehead atoms. The van der Waals surface area contributed by atoms with Crippen LogP contribution in [0, 0.1) is 12.8 Å². The molecular formula is C17H21NO3. The molecule has 2 aromatic rings. The predicted octanol–water partition coefficient (Wildman–Crippen LogP) is 3.83. The van der Waals surface area contributed by atoms with Crippen LogP contribution in [0.15, 0.2) is 30.3 Å². The van der Waals surface area contributed by atoms with E-state index in [1.165, 1.54) is 0 Å². The molecule has 0 spiro atoms. The number of rotatable bonds is 5. The Labute approximate surface area is 125 Å². The average molecular weight is 287 g/mol. The number of benzene rings is 1. The quantitative estimate of drug-likeness (QED) is 0.909. The maximum absolute atomic E-state index is 11.4. The maximum atomic E-state index is 11.4. The first-order valence-electron chi connectivity index (χ1n) is 7.02. The van der Waals surface area contributed by atoms with Crippen molar-refractivity contribution >= 4 is 5.97 Å². The molecule has 0 fully saturated rings. The minimum atomic E-state index is -0.890. The van der Waals surface area contributed by atoms with Crippen molar-refractivity contribution in [1.29, 1.82) is 0 Å². The molecule has 1 aromatic heterocycles. The fourth-order valence-corrected chi connectivity index (χ4v) is 2.48. The van der Waals surface area contributed by atoms with Crippen molar-refractivity contribution in [1.82, 2.24) is 4.57 Å². The van der Waals surface area contributed by atoms with Crippen LogP contribution in [0.5, 0.6) is 5.75 Å². The minimum Gasteiger partial charge on any atom is -0.497 e. The Morgan fingerprint density at radius 2 is 2.05 bits per heavy atom. The van der Waals surface area contributed by atoms with Crippen LogP contribution in [-0.2, 0) is 6.54 Å². The van der Waals surface area contributed by atoms with Gasteiger partial charge in [0.2, 0.25) is 0 Å². The molecule has 0 aliphatic heterocycles. The van der Waals surface area contributed by atoms with Gasteiger partial charge in [-0.15, -0.1) is 0 Å². The lowest BCUT2D eigenvalue weighted by Crippen LogP contribution is -2.09. The first kappa shape index (κ1) is 15.2. The van der Waals surface area contributed by atoms with Gasteiger partial charge in [0.15, 0.2) is 0 Å². The lowest BCUT2D eigenvalue weighted by molar-refractivity contribution is 0.0696. The second-order valence-electron chi connectivity index (χ2n) is 5.57. The molecule has 0 unspecified atom stereocenters. The van der Waals surface area contributed by atoms with Crippen LogP contribution >= 0.6 is 0 Å². The molecule has 0 atom stereocenters. The van der Waals surface area contributed by atoms with Gasteiger partial charge in [-0.2, -0.15) is 0 Å². The third kappa shape index (κ3) is 3.10. The highest BCUT2D eigenvalue weighted by atomic mass is 16.5. The summed E-state index contributed by atoms with van der Waals surface area (Å²) in [6.45, 7) is 6.88. The summed E-state index contributed by atoms with van der Waals surface area (Å²) < 4.78 is 7.33. The third-order valence-electron chi connectivity index (χ3n) is 3.51. The van der Waals surface area contributed by atoms with Gasteiger partial charge in [-0.3, -0.25) is 0 Å². The molecule has 21 heavy (non-hydrogen) atoms. The normalized spacial score (nSPS) is 10.9. The molecule has 2 rings (SSSR count). The minimum absolute atomic E-state index is 0.355. The van der Waals surface area contributed by atoms with Crippen molar-refractivity contribution in [3.05, 3.63) is 41.6 Å². The lowest BCUT2D eigenvalue weighted by Gasteiger charge is -2.14. The van der Waals surface area contributed by atoms with E-state index < -0.39 is 5.97 Å². The predicted molar refractivity (Wildman–Crippen MR) is 83.0 cm³/mol. The van der Waals surface area contributed by atoms with Gasteiger partial charge in [0, 0.05) is 23.5 Å². The first-order valence-corrected chi connectivity index (χ1v) is 7.02. The summed E-state index contributed by atoms with van der Waals surface area (Å²) in [6, 6.07) is 9.44. The smallest absolute Gasteiger partial charge is 0.337 e. The summed E-state index contributed by atoms with van der Waals surface area (Å²) in [5, 5.41) is 9.35. The second-order valence-corrected chi connectivity index (χ2v) is 5.57. The fourth-order valence-electron chi connectivity index (χ4n) is 2.48. The van der Waals surface area contributed by atoms with Crippen molar-refractivity contribution in [3.63, 3.8) is 0 Å². The van der Waals surface area contributed by atoms with Gasteiger partial charge < -0.3 is 14.4 Å². The number of aromatic carboxylic acids is 1. The molecule has 0 saturated heterocycles. The fraction of sp³-hybridized carbons (Fsp3) is 0.353. The topological polar surface area (TPSA) is 51.5 Å². The second kappa shape index (κ2) is 6.04. The summed E-state index contributed by atoms with van der Waals surface area (Å²) in [5.41, 5.74) is 3.02. The lowest BCUT2D eigenvalue weighted by atomic mass is 10.1. The molecule has 1 heterocycles. The molecule has 0 radical (unpaired) electrons. The van der Waals surface area contributed by atoms with E-state index in [2.05, 4.69) is 18.4 Å². The van der Waals surface area contributed by atoms with Crippen LogP contribution in [0.1, 0.15) is 29.9 Å². The Bertz CT molecular complexity index is 656. The summed E-state index contributed by atoms with van der Waals surface area (Å²) in [6.07, 6.45) is 0. The zero-order valence-corrected chi connectivity index (χ0v) is 12.9. The standard InChI is InChI=1S/C17H21NO3/c1-11(2)10-18-12(3)15(17(19)20)9-16(18)13-6-5-7-14(8-13)21-4/h5-9,11H,10H2,1-4H3,(H,19,20). The maximum Gasteiger partial charge on any atom is 0.337 e. The highest BCUT2D eigenvalue weighted by molar-refractivity contribution is 5.91. The van der Waals surface area contributed by atoms with Crippen LogP contribution in [0.4, 0.5) is 0 Å². The van der Waals surface area contributed by atoms with E-state index in [9.17, 15) is 9.90 Å². The van der Waals surface area contributed by atoms with E-state index in [0.717, 1.165) is 29.2 Å². The number of aromatic nitrogens is 1. The van der Waals surface area contributed by atoms with Gasteiger partial charge in [-0.05, 0) is 31.0 Å². The van der Waals surface area contributed by atoms with Crippen LogP contribution in [0.2, 0.25) is 0 Å². The van der Waals surface area contributed by atoms with Gasteiger partial charge in [0.25, 0.3) is 0 Å². The van der Waals surface area contributed by atoms with Gasteiger partial charge in [-0.1, -0.05) is 26.0 Å². The Balaban J connectivity index is 2.60. The average Bonchev–Trinajstić information content (AvgIpc) is 2.76. The molecule has 0 saturated carbocycles. The summed E-state index contributed by atoms with van der Waals surface area (Å²) in [7, 11) is 1.63. The Morgan fingerprint density at radius 3 is 2.62 bits per heavy atom. The molecule has 4 nitrogen and oxygen atoms in total. The van der Waals surface area contributed by atoms with Crippen molar-refractivity contribution in [2.24, 2.45) is 5.92 Å². The third-order valence-corrected chi connectivity index (χ3v) is 3.51. The Morgan fingerprint density at radius 1 is 1.33 bits per heavy atom. The summed E-state index contributed by atoms with van der Waals surface area (Å²) in [4.78, 5) is 11.4. The zero-order valence-electron chi connectivity index (χ0n) is 12.9. The number of carbonyl (C=O) groups is 1. The largest absolute Gasteiger partial charge is 0.497 e. The molecule has 1 N–H and O–H groups in total. The number of hydrogen-bond acceptors (Lipinski definition) is 2. The van der Waals surface area contributed by atoms with E-state index in [4.69, 9.17) is 4.74 Å². The molecule has 1 aromatic carbocycles. The van der Waals surface area contributed by atoms with Gasteiger partial charge in [-0.25, -0.2) is 4.79 Å². The SMILES string of the molecule is COc1cccc(-c2cc(C(=O)O)c(C)n2CC(C)C)c1. The summed E-state index contributed by atoms with van der Waals surface area (Å²) in [5.74, 6) is 0.306. The van der Waals surface area contributed by atoms with Crippen LogP contribution < -0.4 is 4.74 Å². The van der Waals surface area contributed by atoms with E-state index in [1.807, 2.05) is 31.2 Å². The molecule has 4 heteroatoms. The molecule has 0 aliphatic carbocycles. The highest BCUT2D eigenvalue weighted by Gasteiger charge is 2.18. The van der Waals surface area contributed by atoms with E-state index >= 15 is 0 Å². The van der Waals surface area contributed by atoms with E-state index in [1.54, 1.807) is 13.2 Å². The number of ether oxygens (including phenoxy) is 1. The van der Waals surface area contributed by atoms with Crippen molar-refractivity contribution < 1.29 is 14.6 Å². The molecule has 0 aliphatic rings. The van der Waals surface area contributed by atoms with Crippen molar-refractivity contribution in [2.45, 2.75) is 27.3 Å². The van der Waals surface area contributed by atoms with E-state index in [0.29, 0.717) is 11.5 Å². The van der Waals surface area contributed by atoms with Crippen LogP contribution in [0.3, 0.4) is 0 Å². The molecule has 112 valence electrons. The van der Waals surface area contributed by atoms with Gasteiger partial charge >= 0.3 is 5.97 Å². The number of nitrogens with zero attached hydrogens (tertiary/aromatic N) is 1. The number of carboxylic acids is 1. The highest BCUT2D eigenvalue weighted by Crippen LogP contribution is 2.29. The first-order chi connectivity index (χ1) is 9.93. The van der Waals surface area contributed by atoms with Crippen molar-refractivity contribution in [2.75, 3.05) is 7.11 Å². The van der Waals surface area contributed by atoms with E-state index in [-0.39, 0.29) is 0 Å². The number of hydrogen-bond donors (Lipinski definition) is 1. The number of methoxy groups -OCH3 is 1. The molecule has 0 amide bonds. The van der Waals surface area contributed by atoms with Gasteiger partial charge in [0.05, 0.1) is 12.7 Å². The monoisotopic (exact) mass is 287 g/mol. The Hall–Kier alpha value is -2.23. The van der Waals surface area contributed by atoms with Gasteiger partial charge in [0.1, 0.15) is 5.75 Å². The van der Waals surface area contributed by atoms with Crippen molar-refractivity contribution in [3.8, 4) is 17.0 Å². The summed E-state index contributed by atoms with van der Waals surface area (Å²) >= 11 is 0. The van der Waals surface area contributed by atoms with Crippen LogP contribution in [-0.4, -0.2) is 22.8 Å². The van der Waals surface area contributed by atoms with Crippen LogP contribution in [0.25, 0.3) is 11.3 Å². The Kier molecular flexibility index (Phi) is 4.36.